The second kappa shape index (κ2) is 3.95. The second-order valence-corrected chi connectivity index (χ2v) is 4.59. The average Bonchev–Trinajstić information content (AvgIpc) is 2.26. The van der Waals surface area contributed by atoms with Gasteiger partial charge in [-0.2, -0.15) is 0 Å². The summed E-state index contributed by atoms with van der Waals surface area (Å²) in [5.41, 5.74) is 1.22. The number of anilines is 1. The van der Waals surface area contributed by atoms with Gasteiger partial charge in [0.15, 0.2) is 5.75 Å². The monoisotopic (exact) mass is 233 g/mol. The number of hydrogen-bond acceptors (Lipinski definition) is 3. The van der Waals surface area contributed by atoms with Crippen molar-refractivity contribution in [3.8, 4) is 5.75 Å². The van der Waals surface area contributed by atoms with Crippen LogP contribution in [-0.2, 0) is 0 Å². The first-order valence-corrected chi connectivity index (χ1v) is 6.03. The van der Waals surface area contributed by atoms with E-state index >= 15 is 0 Å². The number of aromatic carboxylic acids is 1. The van der Waals surface area contributed by atoms with Gasteiger partial charge in [0.25, 0.3) is 0 Å². The number of carbonyl (C=O) groups is 1. The highest BCUT2D eigenvalue weighted by Gasteiger charge is 2.31. The molecule has 4 nitrogen and oxygen atoms in total. The smallest absolute Gasteiger partial charge is 0.339 e. The minimum absolute atomic E-state index is 0.270. The fraction of sp³-hybridized carbons (Fsp3) is 0.462. The summed E-state index contributed by atoms with van der Waals surface area (Å²) in [6.07, 6.45) is 3.68. The van der Waals surface area contributed by atoms with E-state index in [9.17, 15) is 4.79 Å². The number of carboxylic acid groups (broad SMARTS) is 1. The van der Waals surface area contributed by atoms with E-state index in [1.165, 1.54) is 19.3 Å². The third-order valence-corrected chi connectivity index (χ3v) is 3.63. The molecule has 90 valence electrons. The lowest BCUT2D eigenvalue weighted by Crippen LogP contribution is -2.45. The summed E-state index contributed by atoms with van der Waals surface area (Å²) in [5.74, 6) is -0.379. The fourth-order valence-electron chi connectivity index (χ4n) is 2.52. The molecule has 0 saturated heterocycles. The number of ether oxygens (including phenoxy) is 1. The van der Waals surface area contributed by atoms with Crippen LogP contribution in [0.4, 0.5) is 5.69 Å². The third-order valence-electron chi connectivity index (χ3n) is 3.63. The van der Waals surface area contributed by atoms with E-state index in [-0.39, 0.29) is 5.56 Å². The lowest BCUT2D eigenvalue weighted by molar-refractivity contribution is 0.0691. The van der Waals surface area contributed by atoms with E-state index in [1.54, 1.807) is 12.1 Å². The van der Waals surface area contributed by atoms with Crippen molar-refractivity contribution in [2.75, 3.05) is 18.1 Å². The van der Waals surface area contributed by atoms with Gasteiger partial charge in [-0.3, -0.25) is 0 Å². The van der Waals surface area contributed by atoms with E-state index in [1.807, 2.05) is 6.07 Å². The van der Waals surface area contributed by atoms with Crippen LogP contribution in [0.1, 0.15) is 29.6 Å². The molecule has 2 aliphatic rings. The Balaban J connectivity index is 2.02. The van der Waals surface area contributed by atoms with Gasteiger partial charge in [-0.25, -0.2) is 4.79 Å². The van der Waals surface area contributed by atoms with Gasteiger partial charge in [0.05, 0.1) is 12.2 Å². The number of fused-ring (bicyclic) bond motifs is 1. The zero-order valence-electron chi connectivity index (χ0n) is 9.56. The lowest BCUT2D eigenvalue weighted by atomic mass is 9.90. The SMILES string of the molecule is O=C(O)c1cccc2c1OCCN2C1CCC1. The van der Waals surface area contributed by atoms with Gasteiger partial charge in [0, 0.05) is 6.04 Å². The van der Waals surface area contributed by atoms with Crippen LogP contribution in [0.3, 0.4) is 0 Å². The Morgan fingerprint density at radius 1 is 1.41 bits per heavy atom. The van der Waals surface area contributed by atoms with E-state index in [2.05, 4.69) is 4.90 Å². The number of benzene rings is 1. The number of hydrogen-bond donors (Lipinski definition) is 1. The van der Waals surface area contributed by atoms with Gasteiger partial charge in [0.1, 0.15) is 12.2 Å². The number of para-hydroxylation sites is 1. The van der Waals surface area contributed by atoms with E-state index < -0.39 is 5.97 Å². The largest absolute Gasteiger partial charge is 0.489 e. The van der Waals surface area contributed by atoms with Crippen LogP contribution in [0.25, 0.3) is 0 Å². The third kappa shape index (κ3) is 1.64. The Morgan fingerprint density at radius 2 is 2.24 bits per heavy atom. The molecule has 1 heterocycles. The van der Waals surface area contributed by atoms with E-state index in [0.717, 1.165) is 12.2 Å². The molecule has 0 amide bonds. The van der Waals surface area contributed by atoms with Gasteiger partial charge in [-0.1, -0.05) is 6.07 Å². The molecule has 3 rings (SSSR count). The number of nitrogens with zero attached hydrogens (tertiary/aromatic N) is 1. The second-order valence-electron chi connectivity index (χ2n) is 4.59. The van der Waals surface area contributed by atoms with Crippen LogP contribution in [0.5, 0.6) is 5.75 Å². The summed E-state index contributed by atoms with van der Waals surface area (Å²) in [5, 5.41) is 9.14. The molecule has 4 heteroatoms. The molecule has 0 radical (unpaired) electrons. The molecule has 0 spiro atoms. The minimum atomic E-state index is -0.919. The maximum absolute atomic E-state index is 11.1. The van der Waals surface area contributed by atoms with Crippen LogP contribution in [-0.4, -0.2) is 30.3 Å². The van der Waals surface area contributed by atoms with E-state index in [4.69, 9.17) is 9.84 Å². The van der Waals surface area contributed by atoms with Crippen LogP contribution in [0.2, 0.25) is 0 Å². The van der Waals surface area contributed by atoms with Crippen molar-refractivity contribution in [2.45, 2.75) is 25.3 Å². The minimum Gasteiger partial charge on any atom is -0.489 e. The molecule has 0 aromatic heterocycles. The van der Waals surface area contributed by atoms with Crippen LogP contribution >= 0.6 is 0 Å². The summed E-state index contributed by atoms with van der Waals surface area (Å²) in [4.78, 5) is 13.4. The van der Waals surface area contributed by atoms with Crippen molar-refractivity contribution >= 4 is 11.7 Å². The maximum Gasteiger partial charge on any atom is 0.339 e. The summed E-state index contributed by atoms with van der Waals surface area (Å²) in [6, 6.07) is 5.93. The molecule has 1 aliphatic carbocycles. The van der Waals surface area contributed by atoms with Crippen LogP contribution < -0.4 is 9.64 Å². The molecule has 1 fully saturated rings. The predicted molar refractivity (Wildman–Crippen MR) is 63.9 cm³/mol. The van der Waals surface area contributed by atoms with Crippen molar-refractivity contribution in [3.63, 3.8) is 0 Å². The lowest BCUT2D eigenvalue weighted by Gasteiger charge is -2.42. The quantitative estimate of drug-likeness (QED) is 0.850. The fourth-order valence-corrected chi connectivity index (χ4v) is 2.52. The Morgan fingerprint density at radius 3 is 2.88 bits per heavy atom. The first-order valence-electron chi connectivity index (χ1n) is 6.03. The predicted octanol–water partition coefficient (Wildman–Crippen LogP) is 2.14. The average molecular weight is 233 g/mol. The molecule has 0 bridgehead atoms. The molecule has 0 unspecified atom stereocenters. The topological polar surface area (TPSA) is 49.8 Å². The standard InChI is InChI=1S/C13H15NO3/c15-13(16)10-5-2-6-11-12(10)17-8-7-14(11)9-3-1-4-9/h2,5-6,9H,1,3-4,7-8H2,(H,15,16). The Hall–Kier alpha value is -1.71. The first-order chi connectivity index (χ1) is 8.27. The van der Waals surface area contributed by atoms with Crippen LogP contribution in [0.15, 0.2) is 18.2 Å². The highest BCUT2D eigenvalue weighted by Crippen LogP contribution is 2.39. The molecule has 0 atom stereocenters. The van der Waals surface area contributed by atoms with Gasteiger partial charge in [0.2, 0.25) is 0 Å². The first kappa shape index (κ1) is 10.4. The zero-order chi connectivity index (χ0) is 11.8. The van der Waals surface area contributed by atoms with Gasteiger partial charge < -0.3 is 14.7 Å². The molecular weight excluding hydrogens is 218 g/mol. The summed E-state index contributed by atoms with van der Waals surface area (Å²) in [6.45, 7) is 1.44. The highest BCUT2D eigenvalue weighted by atomic mass is 16.5. The highest BCUT2D eigenvalue weighted by molar-refractivity contribution is 5.93. The molecular formula is C13H15NO3. The summed E-state index contributed by atoms with van der Waals surface area (Å²) >= 11 is 0. The van der Waals surface area contributed by atoms with Crippen LogP contribution in [0, 0.1) is 0 Å². The number of rotatable bonds is 2. The number of carboxylic acids is 1. The zero-order valence-corrected chi connectivity index (χ0v) is 9.56. The van der Waals surface area contributed by atoms with Crippen molar-refractivity contribution in [3.05, 3.63) is 23.8 Å². The Kier molecular flexibility index (Phi) is 2.42. The maximum atomic E-state index is 11.1. The summed E-state index contributed by atoms with van der Waals surface area (Å²) < 4.78 is 5.54. The molecule has 1 saturated carbocycles. The molecule has 1 aromatic carbocycles. The van der Waals surface area contributed by atoms with Crippen molar-refractivity contribution in [1.82, 2.24) is 0 Å². The van der Waals surface area contributed by atoms with E-state index in [0.29, 0.717) is 18.4 Å². The van der Waals surface area contributed by atoms with Gasteiger partial charge in [-0.05, 0) is 31.4 Å². The Bertz CT molecular complexity index is 454. The molecule has 17 heavy (non-hydrogen) atoms. The Labute approximate surface area is 99.8 Å². The van der Waals surface area contributed by atoms with Crippen molar-refractivity contribution in [1.29, 1.82) is 0 Å². The molecule has 1 aromatic rings. The van der Waals surface area contributed by atoms with Crippen molar-refractivity contribution < 1.29 is 14.6 Å². The normalized spacial score (nSPS) is 19.2. The molecule has 1 N–H and O–H groups in total. The van der Waals surface area contributed by atoms with Gasteiger partial charge in [-0.15, -0.1) is 0 Å². The van der Waals surface area contributed by atoms with Crippen molar-refractivity contribution in [2.24, 2.45) is 0 Å². The molecule has 1 aliphatic heterocycles. The summed E-state index contributed by atoms with van der Waals surface area (Å²) in [7, 11) is 0. The van der Waals surface area contributed by atoms with Gasteiger partial charge >= 0.3 is 5.97 Å².